The molecule has 6 amide bonds. The molecule has 0 bridgehead atoms. The van der Waals surface area contributed by atoms with E-state index < -0.39 is 144 Å². The number of Topliss-reactive ketones (excluding diaryl/α,β-unsaturated/α-hetero) is 1. The van der Waals surface area contributed by atoms with Crippen molar-refractivity contribution in [2.24, 2.45) is 16.8 Å². The van der Waals surface area contributed by atoms with Crippen molar-refractivity contribution < 1.29 is 102 Å². The van der Waals surface area contributed by atoms with Crippen LogP contribution in [0.5, 0.6) is 17.2 Å². The summed E-state index contributed by atoms with van der Waals surface area (Å²) >= 11 is 0. The maximum atomic E-state index is 14.1. The van der Waals surface area contributed by atoms with Gasteiger partial charge in [-0.3, -0.25) is 28.8 Å². The Morgan fingerprint density at radius 1 is 0.874 bits per heavy atom. The fourth-order valence-electron chi connectivity index (χ4n) is 10.0. The molecule has 0 unspecified atom stereocenters. The molecule has 2 aliphatic carbocycles. The number of aliphatic hydroxyl groups excluding tert-OH is 2. The monoisotopic (exact) mass is 1220 g/mol. The number of ketones is 3. The van der Waals surface area contributed by atoms with Crippen molar-refractivity contribution in [1.29, 1.82) is 0 Å². The van der Waals surface area contributed by atoms with Gasteiger partial charge in [-0.15, -0.1) is 0 Å². The van der Waals surface area contributed by atoms with Crippen molar-refractivity contribution in [2.75, 3.05) is 85.0 Å². The van der Waals surface area contributed by atoms with E-state index in [0.717, 1.165) is 0 Å². The van der Waals surface area contributed by atoms with Crippen molar-refractivity contribution >= 4 is 52.9 Å². The summed E-state index contributed by atoms with van der Waals surface area (Å²) in [5, 5.41) is 72.8. The van der Waals surface area contributed by atoms with Crippen LogP contribution in [-0.2, 0) is 65.4 Å². The standard InChI is InChI=1S/C57H75N9O21/c1-30(2)47(65-41(69)14-17-81-19-21-83-23-24-84-22-20-82-18-16-61-66-59)54(76)63-36(8-6-15-60-55(58)77)53(75)62-33-12-10-32(11-13-33)29-85-56(78)64-37-25-42(86-31(3)48(37)70)87-39-27-57(79,40(68)28-67)26-35-44(39)52(74)46-45(50(35)72)49(71)34-7-5-9-38(80-4)43(34)51(46)73/h5,7,9-13,30-31,36-37,39,42,47-48,67,70,72,74,79H,6,8,14-29H2,1-4H3,(H,62,75)(H,63,76)(H,64,78)(H,65,69)(H3,58,60,77)/t31-,36-,37-,39-,42-,47-,48+,57-/m0/s1. The number of phenols is 2. The number of methoxy groups -OCH3 is 1. The summed E-state index contributed by atoms with van der Waals surface area (Å²) in [7, 11) is 1.28. The lowest BCUT2D eigenvalue weighted by molar-refractivity contribution is -0.249. The molecule has 0 aromatic heterocycles. The highest BCUT2D eigenvalue weighted by Crippen LogP contribution is 2.52. The number of amides is 6. The van der Waals surface area contributed by atoms with Crippen LogP contribution in [0.3, 0.4) is 0 Å². The number of hydrogen-bond acceptors (Lipinski definition) is 22. The molecule has 1 fully saturated rings. The quantitative estimate of drug-likeness (QED) is 0.0106. The van der Waals surface area contributed by atoms with Crippen LogP contribution in [0.1, 0.15) is 108 Å². The molecule has 12 N–H and O–H groups in total. The first-order valence-corrected chi connectivity index (χ1v) is 28.1. The predicted octanol–water partition coefficient (Wildman–Crippen LogP) is 1.75. The average molecular weight is 1220 g/mol. The summed E-state index contributed by atoms with van der Waals surface area (Å²) in [6.07, 6.45) is -7.74. The minimum Gasteiger partial charge on any atom is -0.507 e. The molecule has 87 heavy (non-hydrogen) atoms. The fourth-order valence-corrected chi connectivity index (χ4v) is 10.0. The number of nitrogens with zero attached hydrogens (tertiary/aromatic N) is 3. The second-order valence-electron chi connectivity index (χ2n) is 20.9. The smallest absolute Gasteiger partial charge is 0.407 e. The van der Waals surface area contributed by atoms with Crippen LogP contribution >= 0.6 is 0 Å². The molecule has 30 heteroatoms. The van der Waals surface area contributed by atoms with Crippen LogP contribution in [0.2, 0.25) is 0 Å². The van der Waals surface area contributed by atoms with Gasteiger partial charge in [0.25, 0.3) is 0 Å². The first-order valence-electron chi connectivity index (χ1n) is 28.1. The Labute approximate surface area is 499 Å². The zero-order chi connectivity index (χ0) is 63.4. The van der Waals surface area contributed by atoms with E-state index in [2.05, 4.69) is 36.6 Å². The third kappa shape index (κ3) is 18.3. The third-order valence-electron chi connectivity index (χ3n) is 14.5. The highest BCUT2D eigenvalue weighted by molar-refractivity contribution is 6.31. The van der Waals surface area contributed by atoms with Crippen LogP contribution in [0.15, 0.2) is 47.6 Å². The van der Waals surface area contributed by atoms with E-state index in [1.54, 1.807) is 26.0 Å². The topological polar surface area (TPSA) is 446 Å². The van der Waals surface area contributed by atoms with Gasteiger partial charge in [-0.2, -0.15) is 0 Å². The van der Waals surface area contributed by atoms with Gasteiger partial charge in [-0.1, -0.05) is 43.2 Å². The molecule has 8 atom stereocenters. The molecular formula is C57H75N9O21. The van der Waals surface area contributed by atoms with Crippen molar-refractivity contribution in [3.8, 4) is 17.2 Å². The normalized spacial score (nSPS) is 20.1. The van der Waals surface area contributed by atoms with Crippen LogP contribution < -0.4 is 37.1 Å². The van der Waals surface area contributed by atoms with Gasteiger partial charge in [-0.25, -0.2) is 9.59 Å². The Kier molecular flexibility index (Phi) is 25.5. The third-order valence-corrected chi connectivity index (χ3v) is 14.5. The second kappa shape index (κ2) is 32.6. The summed E-state index contributed by atoms with van der Waals surface area (Å²) in [6.45, 7) is 5.92. The molecule has 6 rings (SSSR count). The minimum absolute atomic E-state index is 0.0192. The number of anilines is 1. The molecule has 1 heterocycles. The summed E-state index contributed by atoms with van der Waals surface area (Å²) in [5.41, 5.74) is 9.76. The van der Waals surface area contributed by atoms with Crippen LogP contribution in [0, 0.1) is 5.92 Å². The van der Waals surface area contributed by atoms with Crippen LogP contribution in [0.25, 0.3) is 10.4 Å². The number of phenolic OH excluding ortho intramolecular Hbond substituents is 2. The van der Waals surface area contributed by atoms with Crippen molar-refractivity contribution in [3.05, 3.63) is 91.9 Å². The molecule has 1 aliphatic heterocycles. The Balaban J connectivity index is 1.01. The Morgan fingerprint density at radius 2 is 1.53 bits per heavy atom. The first-order chi connectivity index (χ1) is 41.6. The molecule has 1 saturated heterocycles. The first kappa shape index (κ1) is 68.1. The molecule has 0 radical (unpaired) electrons. The molecule has 0 spiro atoms. The number of hydrogen-bond donors (Lipinski definition) is 11. The van der Waals surface area contributed by atoms with Gasteiger partial charge in [0.2, 0.25) is 23.5 Å². The summed E-state index contributed by atoms with van der Waals surface area (Å²) in [5.74, 6) is -6.52. The number of aromatic hydroxyl groups is 2. The maximum Gasteiger partial charge on any atom is 0.407 e. The van der Waals surface area contributed by atoms with Gasteiger partial charge in [0.15, 0.2) is 17.9 Å². The van der Waals surface area contributed by atoms with Crippen LogP contribution in [-0.4, -0.2) is 195 Å². The molecule has 474 valence electrons. The number of ether oxygens (including phenoxy) is 8. The highest BCUT2D eigenvalue weighted by Gasteiger charge is 2.50. The van der Waals surface area contributed by atoms with Gasteiger partial charge in [0.05, 0.1) is 94.9 Å². The Bertz CT molecular complexity index is 3000. The summed E-state index contributed by atoms with van der Waals surface area (Å²) < 4.78 is 44.6. The fraction of sp³-hybridized carbons (Fsp3) is 0.544. The van der Waals surface area contributed by atoms with Crippen molar-refractivity contribution in [3.63, 3.8) is 0 Å². The van der Waals surface area contributed by atoms with Gasteiger partial charge < -0.3 is 95.7 Å². The second-order valence-corrected chi connectivity index (χ2v) is 20.9. The molecule has 0 saturated carbocycles. The Morgan fingerprint density at radius 3 is 2.16 bits per heavy atom. The predicted molar refractivity (Wildman–Crippen MR) is 303 cm³/mol. The largest absolute Gasteiger partial charge is 0.507 e. The number of azide groups is 1. The number of primary amides is 1. The zero-order valence-corrected chi connectivity index (χ0v) is 48.6. The SMILES string of the molecule is COc1cccc2c1C(=O)c1c(O)c3c(c(O)c1C2=O)C[C@@](O)(C(=O)CO)C[C@@H]3O[C@H]1C[C@H](NC(=O)OCc2ccc(NC(=O)[C@H](CCCNC(N)=O)NC(=O)[C@@H](NC(=O)CCOCCOCCOCCOCCN=[N+]=[N-])C(C)C)cc2)[C@H](O)[C@H](C)O1. The molecule has 30 nitrogen and oxygen atoms in total. The number of benzene rings is 3. The van der Waals surface area contributed by atoms with E-state index in [9.17, 15) is 63.9 Å². The zero-order valence-electron chi connectivity index (χ0n) is 48.6. The lowest BCUT2D eigenvalue weighted by atomic mass is 9.72. The van der Waals surface area contributed by atoms with E-state index in [-0.39, 0.29) is 98.9 Å². The Hall–Kier alpha value is -8.03. The van der Waals surface area contributed by atoms with E-state index in [0.29, 0.717) is 38.6 Å². The average Bonchev–Trinajstić information content (AvgIpc) is 0.784. The lowest BCUT2D eigenvalue weighted by Gasteiger charge is -2.42. The van der Waals surface area contributed by atoms with Gasteiger partial charge in [0, 0.05) is 66.1 Å². The number of fused-ring (bicyclic) bond motifs is 3. The lowest BCUT2D eigenvalue weighted by Crippen LogP contribution is -2.56. The minimum atomic E-state index is -2.42. The molecule has 3 aromatic rings. The number of nitrogens with two attached hydrogens (primary N) is 1. The number of nitrogens with one attached hydrogen (secondary N) is 5. The molecule has 3 aliphatic rings. The van der Waals surface area contributed by atoms with Gasteiger partial charge in [0.1, 0.15) is 54.3 Å². The maximum absolute atomic E-state index is 14.1. The van der Waals surface area contributed by atoms with Crippen molar-refractivity contribution in [2.45, 2.75) is 114 Å². The number of carbonyl (C=O) groups is 8. The van der Waals surface area contributed by atoms with Crippen LogP contribution in [0.4, 0.5) is 15.3 Å². The number of urea groups is 1. The summed E-state index contributed by atoms with van der Waals surface area (Å²) in [4.78, 5) is 109. The number of rotatable bonds is 33. The van der Waals surface area contributed by atoms with Gasteiger partial charge >= 0.3 is 12.1 Å². The number of alkyl carbamates (subject to hydrolysis) is 1. The van der Waals surface area contributed by atoms with Gasteiger partial charge in [-0.05, 0) is 55.0 Å². The number of carbonyl (C=O) groups excluding carboxylic acids is 8. The molecular weight excluding hydrogens is 1150 g/mol. The van der Waals surface area contributed by atoms with Crippen molar-refractivity contribution in [1.82, 2.24) is 21.3 Å². The summed E-state index contributed by atoms with van der Waals surface area (Å²) in [6, 6.07) is 6.27. The molecule has 3 aromatic carbocycles. The van der Waals surface area contributed by atoms with E-state index >= 15 is 0 Å². The highest BCUT2D eigenvalue weighted by atomic mass is 16.7. The number of aliphatic hydroxyl groups is 3. The van der Waals surface area contributed by atoms with E-state index in [1.165, 1.54) is 44.4 Å². The van der Waals surface area contributed by atoms with E-state index in [4.69, 9.17) is 49.2 Å². The van der Waals surface area contributed by atoms with E-state index in [1.807, 2.05) is 0 Å².